The largest absolute Gasteiger partial charge is 0.355 e. The van der Waals surface area contributed by atoms with Gasteiger partial charge in [0.1, 0.15) is 0 Å². The minimum absolute atomic E-state index is 0.0144. The van der Waals surface area contributed by atoms with Gasteiger partial charge in [-0.05, 0) is 127 Å². The summed E-state index contributed by atoms with van der Waals surface area (Å²) in [5, 5.41) is 11.7. The Bertz CT molecular complexity index is 2760. The standard InChI is InChI=1S/C53H46N2/c1-35-22-31-50(46(32-35)47-33-37-15-9-10-18-42(37)44-29-23-36-14-8-11-19-43(36)51(44)47)54-38-24-26-40(27-25-38)55(39-16-6-5-7-17-39)41-28-30-49-45-20-12-13-21-48(45)52(2,3)53(49,4)34-41/h5-31,33-35,49,54H,32H2,1-4H3. The second-order valence-corrected chi connectivity index (χ2v) is 16.5. The Labute approximate surface area is 324 Å². The van der Waals surface area contributed by atoms with Gasteiger partial charge in [-0.2, -0.15) is 0 Å². The zero-order valence-corrected chi connectivity index (χ0v) is 32.1. The van der Waals surface area contributed by atoms with E-state index in [1.165, 1.54) is 60.3 Å². The molecule has 0 fully saturated rings. The summed E-state index contributed by atoms with van der Waals surface area (Å²) in [5.41, 5.74) is 11.2. The number of nitrogens with one attached hydrogen (secondary N) is 1. The number of hydrogen-bond donors (Lipinski definition) is 1. The highest BCUT2D eigenvalue weighted by atomic mass is 15.1. The molecule has 3 atom stereocenters. The average molecular weight is 711 g/mol. The van der Waals surface area contributed by atoms with Crippen LogP contribution in [0.5, 0.6) is 0 Å². The molecule has 0 aliphatic heterocycles. The topological polar surface area (TPSA) is 15.3 Å². The summed E-state index contributed by atoms with van der Waals surface area (Å²) < 4.78 is 0. The highest BCUT2D eigenvalue weighted by Gasteiger charge is 2.54. The van der Waals surface area contributed by atoms with Crippen molar-refractivity contribution in [1.82, 2.24) is 0 Å². The SMILES string of the molecule is CC1C=CC(Nc2ccc(N(C3=CC4(C)C(C=C3)c3ccccc3C4(C)C)c3ccccc3)cc2)=C(c2cc3ccccc3c3ccc4ccccc4c23)C1. The van der Waals surface area contributed by atoms with Crippen LogP contribution in [0.25, 0.3) is 37.9 Å². The Morgan fingerprint density at radius 2 is 1.31 bits per heavy atom. The molecule has 3 unspecified atom stereocenters. The van der Waals surface area contributed by atoms with E-state index in [9.17, 15) is 0 Å². The van der Waals surface area contributed by atoms with Crippen molar-refractivity contribution < 1.29 is 0 Å². The molecule has 0 bridgehead atoms. The lowest BCUT2D eigenvalue weighted by molar-refractivity contribution is 0.243. The third-order valence-electron chi connectivity index (χ3n) is 13.1. The van der Waals surface area contributed by atoms with Crippen LogP contribution in [0.1, 0.15) is 56.7 Å². The van der Waals surface area contributed by atoms with E-state index >= 15 is 0 Å². The molecular weight excluding hydrogens is 665 g/mol. The van der Waals surface area contributed by atoms with Crippen molar-refractivity contribution in [2.24, 2.45) is 11.3 Å². The summed E-state index contributed by atoms with van der Waals surface area (Å²) in [6, 6.07) is 53.5. The molecule has 2 nitrogen and oxygen atoms in total. The van der Waals surface area contributed by atoms with E-state index in [1.807, 2.05) is 0 Å². The van der Waals surface area contributed by atoms with Crippen molar-refractivity contribution in [2.45, 2.75) is 45.4 Å². The summed E-state index contributed by atoms with van der Waals surface area (Å²) in [6.45, 7) is 9.60. The third-order valence-corrected chi connectivity index (χ3v) is 13.1. The van der Waals surface area contributed by atoms with E-state index in [1.54, 1.807) is 0 Å². The molecule has 0 saturated heterocycles. The van der Waals surface area contributed by atoms with Crippen LogP contribution in [0, 0.1) is 11.3 Å². The first-order valence-corrected chi connectivity index (χ1v) is 19.8. The molecule has 2 heteroatoms. The zero-order valence-electron chi connectivity index (χ0n) is 32.1. The zero-order chi connectivity index (χ0) is 37.3. The maximum atomic E-state index is 3.90. The minimum Gasteiger partial charge on any atom is -0.355 e. The normalized spacial score (nSPS) is 21.1. The van der Waals surface area contributed by atoms with Crippen molar-refractivity contribution in [3.05, 3.63) is 204 Å². The van der Waals surface area contributed by atoms with Gasteiger partial charge in [0.05, 0.1) is 0 Å². The number of para-hydroxylation sites is 1. The maximum Gasteiger partial charge on any atom is 0.0462 e. The molecule has 0 heterocycles. The molecule has 0 aromatic heterocycles. The fourth-order valence-corrected chi connectivity index (χ4v) is 9.83. The van der Waals surface area contributed by atoms with Gasteiger partial charge in [-0.3, -0.25) is 0 Å². The summed E-state index contributed by atoms with van der Waals surface area (Å²) in [7, 11) is 0. The van der Waals surface area contributed by atoms with Crippen molar-refractivity contribution in [2.75, 3.05) is 10.2 Å². The van der Waals surface area contributed by atoms with Crippen molar-refractivity contribution in [1.29, 1.82) is 0 Å². The first kappa shape index (κ1) is 33.4. The molecule has 55 heavy (non-hydrogen) atoms. The number of benzene rings is 7. The lowest BCUT2D eigenvalue weighted by Crippen LogP contribution is -2.38. The van der Waals surface area contributed by atoms with Crippen LogP contribution in [-0.2, 0) is 5.41 Å². The Morgan fingerprint density at radius 3 is 2.13 bits per heavy atom. The Hall–Kier alpha value is -6.12. The number of fused-ring (bicyclic) bond motifs is 8. The first-order valence-electron chi connectivity index (χ1n) is 19.8. The molecular formula is C53H46N2. The van der Waals surface area contributed by atoms with Gasteiger partial charge in [-0.15, -0.1) is 0 Å². The number of rotatable bonds is 6. The second kappa shape index (κ2) is 12.7. The maximum absolute atomic E-state index is 3.90. The van der Waals surface area contributed by atoms with Crippen LogP contribution >= 0.6 is 0 Å². The molecule has 1 N–H and O–H groups in total. The predicted octanol–water partition coefficient (Wildman–Crippen LogP) is 14.2. The predicted molar refractivity (Wildman–Crippen MR) is 235 cm³/mol. The number of anilines is 3. The van der Waals surface area contributed by atoms with Gasteiger partial charge in [0.15, 0.2) is 0 Å². The monoisotopic (exact) mass is 710 g/mol. The van der Waals surface area contributed by atoms with Crippen LogP contribution in [-0.4, -0.2) is 0 Å². The Kier molecular flexibility index (Phi) is 7.75. The third kappa shape index (κ3) is 5.30. The molecule has 3 aliphatic carbocycles. The summed E-state index contributed by atoms with van der Waals surface area (Å²) in [6.07, 6.45) is 12.9. The molecule has 268 valence electrons. The lowest BCUT2D eigenvalue weighted by atomic mass is 9.62. The fraction of sp³-hybridized carbons (Fsp3) is 0.170. The molecule has 7 aromatic rings. The number of allylic oxidation sites excluding steroid dienone is 6. The van der Waals surface area contributed by atoms with Crippen LogP contribution in [0.15, 0.2) is 187 Å². The van der Waals surface area contributed by atoms with E-state index in [4.69, 9.17) is 0 Å². The van der Waals surface area contributed by atoms with Gasteiger partial charge < -0.3 is 10.2 Å². The average Bonchev–Trinajstić information content (AvgIpc) is 3.40. The van der Waals surface area contributed by atoms with Crippen LogP contribution in [0.4, 0.5) is 17.1 Å². The highest BCUT2D eigenvalue weighted by Crippen LogP contribution is 2.62. The van der Waals surface area contributed by atoms with E-state index in [0.29, 0.717) is 11.8 Å². The van der Waals surface area contributed by atoms with E-state index < -0.39 is 0 Å². The summed E-state index contributed by atoms with van der Waals surface area (Å²) in [4.78, 5) is 2.42. The summed E-state index contributed by atoms with van der Waals surface area (Å²) in [5.74, 6) is 0.785. The van der Waals surface area contributed by atoms with Gasteiger partial charge in [-0.25, -0.2) is 0 Å². The molecule has 0 radical (unpaired) electrons. The van der Waals surface area contributed by atoms with Crippen molar-refractivity contribution >= 4 is 55.0 Å². The van der Waals surface area contributed by atoms with Gasteiger partial charge >= 0.3 is 0 Å². The lowest BCUT2D eigenvalue weighted by Gasteiger charge is -2.43. The molecule has 10 rings (SSSR count). The highest BCUT2D eigenvalue weighted by molar-refractivity contribution is 6.21. The van der Waals surface area contributed by atoms with Gasteiger partial charge in [0.2, 0.25) is 0 Å². The number of nitrogens with zero attached hydrogens (tertiary/aromatic N) is 1. The summed E-state index contributed by atoms with van der Waals surface area (Å²) >= 11 is 0. The van der Waals surface area contributed by atoms with Crippen LogP contribution < -0.4 is 10.2 Å². The van der Waals surface area contributed by atoms with E-state index in [-0.39, 0.29) is 10.8 Å². The second-order valence-electron chi connectivity index (χ2n) is 16.5. The quantitative estimate of drug-likeness (QED) is 0.173. The van der Waals surface area contributed by atoms with Gasteiger partial charge in [0, 0.05) is 39.8 Å². The number of hydrogen-bond acceptors (Lipinski definition) is 2. The van der Waals surface area contributed by atoms with Crippen LogP contribution in [0.2, 0.25) is 0 Å². The molecule has 0 amide bonds. The molecule has 0 saturated carbocycles. The van der Waals surface area contributed by atoms with Crippen molar-refractivity contribution in [3.8, 4) is 0 Å². The fourth-order valence-electron chi connectivity index (χ4n) is 9.83. The molecule has 0 spiro atoms. The van der Waals surface area contributed by atoms with Crippen LogP contribution in [0.3, 0.4) is 0 Å². The van der Waals surface area contributed by atoms with Gasteiger partial charge in [-0.1, -0.05) is 149 Å². The first-order chi connectivity index (χ1) is 26.8. The molecule has 7 aromatic carbocycles. The molecule has 3 aliphatic rings. The minimum atomic E-state index is -0.0686. The van der Waals surface area contributed by atoms with E-state index in [0.717, 1.165) is 29.2 Å². The smallest absolute Gasteiger partial charge is 0.0462 e. The van der Waals surface area contributed by atoms with Crippen molar-refractivity contribution in [3.63, 3.8) is 0 Å². The Morgan fingerprint density at radius 1 is 0.618 bits per heavy atom. The Balaban J connectivity index is 1.06. The van der Waals surface area contributed by atoms with Gasteiger partial charge in [0.25, 0.3) is 0 Å². The van der Waals surface area contributed by atoms with E-state index in [2.05, 4.69) is 214 Å².